The summed E-state index contributed by atoms with van der Waals surface area (Å²) < 4.78 is 28.0. The van der Waals surface area contributed by atoms with Crippen LogP contribution in [0.3, 0.4) is 0 Å². The van der Waals surface area contributed by atoms with E-state index in [0.29, 0.717) is 32.7 Å². The van der Waals surface area contributed by atoms with Gasteiger partial charge in [-0.15, -0.1) is 22.7 Å². The van der Waals surface area contributed by atoms with Crippen molar-refractivity contribution in [3.8, 4) is 17.0 Å². The standard InChI is InChI=1S/C25H20N2O3S3/c1-16-8-10-17(11-9-16)22-15-32-23(26-22)14-18-13-21(19-5-2-3-6-20(19)25(18)28)27-33(29,30)24-7-4-12-31-24/h2-13,15,28H,14H2,1H3,(H,27,29,30). The Bertz CT molecular complexity index is 1560. The van der Waals surface area contributed by atoms with Crippen LogP contribution in [0.15, 0.2) is 86.1 Å². The van der Waals surface area contributed by atoms with Gasteiger partial charge in [-0.2, -0.15) is 4.36 Å². The number of fused-ring (bicyclic) bond motifs is 1. The molecule has 0 spiro atoms. The molecule has 0 fully saturated rings. The highest BCUT2D eigenvalue weighted by molar-refractivity contribution is 7.90. The third-order valence-electron chi connectivity index (χ3n) is 5.29. The van der Waals surface area contributed by atoms with Crippen LogP contribution < -0.4 is 0 Å². The van der Waals surface area contributed by atoms with Gasteiger partial charge in [0.05, 0.1) is 16.4 Å². The summed E-state index contributed by atoms with van der Waals surface area (Å²) in [6.45, 7) is 2.05. The molecule has 0 saturated heterocycles. The van der Waals surface area contributed by atoms with Crippen LogP contribution in [0.1, 0.15) is 16.1 Å². The van der Waals surface area contributed by atoms with Crippen LogP contribution in [-0.4, -0.2) is 18.9 Å². The second-order valence-electron chi connectivity index (χ2n) is 7.64. The summed E-state index contributed by atoms with van der Waals surface area (Å²) in [6, 6.07) is 20.4. The predicted octanol–water partition coefficient (Wildman–Crippen LogP) is 7.26. The van der Waals surface area contributed by atoms with Crippen molar-refractivity contribution in [1.29, 1.82) is 0 Å². The van der Waals surface area contributed by atoms with Crippen molar-refractivity contribution in [3.63, 3.8) is 0 Å². The van der Waals surface area contributed by atoms with Crippen molar-refractivity contribution >= 4 is 49.1 Å². The van der Waals surface area contributed by atoms with Crippen LogP contribution >= 0.6 is 22.7 Å². The Hall–Kier alpha value is -3.04. The van der Waals surface area contributed by atoms with Crippen LogP contribution in [0.25, 0.3) is 22.0 Å². The maximum Gasteiger partial charge on any atom is 0.205 e. The first-order valence-electron chi connectivity index (χ1n) is 10.2. The number of aromatic hydroxyl groups is 1. The fourth-order valence-electron chi connectivity index (χ4n) is 3.61. The number of hydrogen-bond acceptors (Lipinski definition) is 6. The van der Waals surface area contributed by atoms with Gasteiger partial charge in [0.1, 0.15) is 9.96 Å². The number of thiophene rings is 1. The first kappa shape index (κ1) is 21.8. The Morgan fingerprint density at radius 1 is 1.00 bits per heavy atom. The molecule has 0 aliphatic carbocycles. The summed E-state index contributed by atoms with van der Waals surface area (Å²) in [7, 11) is -3.60. The van der Waals surface area contributed by atoms with Gasteiger partial charge in [0.25, 0.3) is 0 Å². The van der Waals surface area contributed by atoms with Gasteiger partial charge in [-0.3, -0.25) is 4.55 Å². The van der Waals surface area contributed by atoms with E-state index in [1.165, 1.54) is 28.2 Å². The number of phenolic OH excluding ortho intramolecular Hbond substituents is 1. The molecule has 166 valence electrons. The van der Waals surface area contributed by atoms with E-state index in [0.717, 1.165) is 16.3 Å². The molecule has 2 N–H and O–H groups in total. The van der Waals surface area contributed by atoms with E-state index < -0.39 is 10.0 Å². The fraction of sp³-hybridized carbons (Fsp3) is 0.0800. The minimum Gasteiger partial charge on any atom is -0.507 e. The monoisotopic (exact) mass is 492 g/mol. The fourth-order valence-corrected chi connectivity index (χ4v) is 6.43. The summed E-state index contributed by atoms with van der Waals surface area (Å²) >= 11 is 2.71. The number of phenols is 1. The summed E-state index contributed by atoms with van der Waals surface area (Å²) in [5.41, 5.74) is 4.09. The smallest absolute Gasteiger partial charge is 0.205 e. The van der Waals surface area contributed by atoms with E-state index in [9.17, 15) is 13.9 Å². The number of hydrogen-bond donors (Lipinski definition) is 2. The van der Waals surface area contributed by atoms with Gasteiger partial charge < -0.3 is 5.11 Å². The molecule has 5 nitrogen and oxygen atoms in total. The average molecular weight is 493 g/mol. The molecular weight excluding hydrogens is 472 g/mol. The van der Waals surface area contributed by atoms with Crippen molar-refractivity contribution in [3.05, 3.63) is 93.6 Å². The summed E-state index contributed by atoms with van der Waals surface area (Å²) in [6.07, 6.45) is 0.390. The maximum absolute atomic E-state index is 12.9. The van der Waals surface area contributed by atoms with Crippen molar-refractivity contribution in [2.24, 2.45) is 4.36 Å². The van der Waals surface area contributed by atoms with Gasteiger partial charge in [0, 0.05) is 33.7 Å². The summed E-state index contributed by atoms with van der Waals surface area (Å²) in [5.74, 6) is 0.136. The van der Waals surface area contributed by atoms with E-state index in [-0.39, 0.29) is 5.75 Å². The zero-order chi connectivity index (χ0) is 23.0. The Kier molecular flexibility index (Phi) is 5.76. The van der Waals surface area contributed by atoms with E-state index in [1.54, 1.807) is 35.7 Å². The number of rotatable bonds is 5. The Labute approximate surface area is 200 Å². The average Bonchev–Trinajstić information content (AvgIpc) is 3.50. The minimum atomic E-state index is -3.60. The van der Waals surface area contributed by atoms with Crippen molar-refractivity contribution in [2.75, 3.05) is 0 Å². The van der Waals surface area contributed by atoms with E-state index >= 15 is 0 Å². The van der Waals surface area contributed by atoms with Crippen LogP contribution in [0.5, 0.6) is 5.75 Å². The molecule has 0 saturated carbocycles. The highest BCUT2D eigenvalue weighted by atomic mass is 32.3. The second-order valence-corrected chi connectivity index (χ2v) is 11.4. The Morgan fingerprint density at radius 3 is 2.48 bits per heavy atom. The van der Waals surface area contributed by atoms with Crippen LogP contribution in [0.2, 0.25) is 0 Å². The molecule has 5 rings (SSSR count). The highest BCUT2D eigenvalue weighted by Gasteiger charge is 2.16. The number of aromatic nitrogens is 1. The zero-order valence-electron chi connectivity index (χ0n) is 17.6. The van der Waals surface area contributed by atoms with E-state index in [2.05, 4.69) is 16.5 Å². The normalized spacial score (nSPS) is 13.2. The Balaban J connectivity index is 1.58. The molecule has 3 aromatic carbocycles. The molecule has 0 bridgehead atoms. The SMILES string of the molecule is Cc1ccc(-c2csc(Cc3cc(N=S(=O)(O)c4cccs4)c4ccccc4c3O)n2)cc1. The molecule has 0 amide bonds. The van der Waals surface area contributed by atoms with Gasteiger partial charge in [-0.25, -0.2) is 9.19 Å². The van der Waals surface area contributed by atoms with Gasteiger partial charge in [0.2, 0.25) is 10.0 Å². The van der Waals surface area contributed by atoms with Crippen molar-refractivity contribution in [1.82, 2.24) is 4.98 Å². The highest BCUT2D eigenvalue weighted by Crippen LogP contribution is 2.39. The zero-order valence-corrected chi connectivity index (χ0v) is 20.1. The molecule has 5 aromatic rings. The number of nitrogens with zero attached hydrogens (tertiary/aromatic N) is 2. The lowest BCUT2D eigenvalue weighted by Crippen LogP contribution is -1.96. The third kappa shape index (κ3) is 4.43. The second kappa shape index (κ2) is 8.72. The molecular formula is C25H20N2O3S3. The Morgan fingerprint density at radius 2 is 1.76 bits per heavy atom. The third-order valence-corrected chi connectivity index (χ3v) is 8.85. The molecule has 1 unspecified atom stereocenters. The molecule has 2 aromatic heterocycles. The number of thiazole rings is 1. The lowest BCUT2D eigenvalue weighted by Gasteiger charge is -2.11. The topological polar surface area (TPSA) is 82.8 Å². The minimum absolute atomic E-state index is 0.136. The van der Waals surface area contributed by atoms with Crippen LogP contribution in [0.4, 0.5) is 5.69 Å². The first-order chi connectivity index (χ1) is 15.9. The first-order valence-corrected chi connectivity index (χ1v) is 13.4. The molecule has 0 radical (unpaired) electrons. The summed E-state index contributed by atoms with van der Waals surface area (Å²) in [4.78, 5) is 4.74. The molecule has 2 heterocycles. The van der Waals surface area contributed by atoms with Crippen LogP contribution in [0, 0.1) is 6.92 Å². The van der Waals surface area contributed by atoms with E-state index in [1.807, 2.05) is 36.6 Å². The van der Waals surface area contributed by atoms with Crippen molar-refractivity contribution < 1.29 is 13.9 Å². The van der Waals surface area contributed by atoms with Gasteiger partial charge >= 0.3 is 0 Å². The number of benzene rings is 3. The lowest BCUT2D eigenvalue weighted by atomic mass is 10.0. The summed E-state index contributed by atoms with van der Waals surface area (Å²) in [5, 5.41) is 16.8. The molecule has 33 heavy (non-hydrogen) atoms. The van der Waals surface area contributed by atoms with Gasteiger partial charge in [0.15, 0.2) is 0 Å². The molecule has 8 heteroatoms. The quantitative estimate of drug-likeness (QED) is 0.270. The van der Waals surface area contributed by atoms with Gasteiger partial charge in [-0.05, 0) is 24.4 Å². The number of aryl methyl sites for hydroxylation is 1. The van der Waals surface area contributed by atoms with Gasteiger partial charge in [-0.1, -0.05) is 60.2 Å². The van der Waals surface area contributed by atoms with Crippen molar-refractivity contribution in [2.45, 2.75) is 17.6 Å². The maximum atomic E-state index is 12.9. The molecule has 0 aliphatic rings. The van der Waals surface area contributed by atoms with E-state index in [4.69, 9.17) is 4.98 Å². The lowest BCUT2D eigenvalue weighted by molar-refractivity contribution is 0.476. The molecule has 1 atom stereocenters. The predicted molar refractivity (Wildman–Crippen MR) is 136 cm³/mol. The molecule has 0 aliphatic heterocycles. The largest absolute Gasteiger partial charge is 0.507 e. The van der Waals surface area contributed by atoms with Crippen LogP contribution in [-0.2, 0) is 16.4 Å².